The number of carboxylic acids is 1. The van der Waals surface area contributed by atoms with E-state index in [2.05, 4.69) is 15.5 Å². The van der Waals surface area contributed by atoms with Crippen molar-refractivity contribution in [1.29, 1.82) is 0 Å². The van der Waals surface area contributed by atoms with E-state index >= 15 is 0 Å². The zero-order valence-corrected chi connectivity index (χ0v) is 12.0. The van der Waals surface area contributed by atoms with Gasteiger partial charge in [0.2, 0.25) is 0 Å². The molecule has 0 bridgehead atoms. The maximum Gasteiger partial charge on any atom is 0.343 e. The van der Waals surface area contributed by atoms with Crippen molar-refractivity contribution < 1.29 is 9.90 Å². The number of nitrogens with one attached hydrogen (secondary N) is 2. The van der Waals surface area contributed by atoms with E-state index in [9.17, 15) is 9.59 Å². The Kier molecular flexibility index (Phi) is 6.65. The predicted octanol–water partition coefficient (Wildman–Crippen LogP) is 0.526. The van der Waals surface area contributed by atoms with Gasteiger partial charge in [-0.1, -0.05) is 25.6 Å². The Morgan fingerprint density at radius 1 is 1.53 bits per heavy atom. The molecular weight excluding hydrogens is 268 g/mol. The Morgan fingerprint density at radius 3 is 2.84 bits per heavy atom. The molecule has 1 aromatic heterocycles. The molecule has 0 saturated heterocycles. The normalized spacial score (nSPS) is 12.5. The molecule has 1 heterocycles. The van der Waals surface area contributed by atoms with E-state index in [4.69, 9.17) is 5.11 Å². The second kappa shape index (κ2) is 8.00. The van der Waals surface area contributed by atoms with E-state index in [-0.39, 0.29) is 5.69 Å². The molecule has 0 aliphatic heterocycles. The van der Waals surface area contributed by atoms with Gasteiger partial charge in [0.15, 0.2) is 5.16 Å². The smallest absolute Gasteiger partial charge is 0.343 e. The molecule has 1 atom stereocenters. The zero-order chi connectivity index (χ0) is 14.3. The molecule has 3 N–H and O–H groups in total. The van der Waals surface area contributed by atoms with Crippen LogP contribution < -0.4 is 11.0 Å². The Hall–Kier alpha value is -1.28. The molecule has 0 fully saturated rings. The highest BCUT2D eigenvalue weighted by atomic mass is 32.2. The molecule has 1 aromatic rings. The third kappa shape index (κ3) is 4.71. The summed E-state index contributed by atoms with van der Waals surface area (Å²) in [5.74, 6) is -0.551. The number of aromatic amines is 1. The lowest BCUT2D eigenvalue weighted by atomic mass is 10.3. The Bertz CT molecular complexity index is 457. The average Bonchev–Trinajstić information content (AvgIpc) is 2.71. The first-order valence-electron chi connectivity index (χ1n) is 6.34. The minimum atomic E-state index is -0.888. The van der Waals surface area contributed by atoms with Gasteiger partial charge in [0, 0.05) is 12.3 Å². The standard InChI is InChI=1S/C11H20N4O3S/c1-3-5-12-8(9(16)17)7-19-11-14-13-10(18)15(11)6-4-2/h8,12H,3-7H2,1-2H3,(H,13,18)(H,16,17). The highest BCUT2D eigenvalue weighted by Gasteiger charge is 2.18. The predicted molar refractivity (Wildman–Crippen MR) is 73.6 cm³/mol. The van der Waals surface area contributed by atoms with Gasteiger partial charge >= 0.3 is 11.7 Å². The summed E-state index contributed by atoms with van der Waals surface area (Å²) >= 11 is 1.27. The van der Waals surface area contributed by atoms with E-state index in [0.717, 1.165) is 12.8 Å². The maximum atomic E-state index is 11.5. The van der Waals surface area contributed by atoms with E-state index in [1.165, 1.54) is 16.3 Å². The molecule has 0 aromatic carbocycles. The van der Waals surface area contributed by atoms with Crippen LogP contribution in [0, 0.1) is 0 Å². The van der Waals surface area contributed by atoms with Gasteiger partial charge < -0.3 is 10.4 Å². The minimum Gasteiger partial charge on any atom is -0.480 e. The van der Waals surface area contributed by atoms with E-state index in [1.54, 1.807) is 0 Å². The topological polar surface area (TPSA) is 100 Å². The third-order valence-electron chi connectivity index (χ3n) is 2.49. The van der Waals surface area contributed by atoms with Crippen LogP contribution in [0.3, 0.4) is 0 Å². The number of hydrogen-bond donors (Lipinski definition) is 3. The number of carbonyl (C=O) groups is 1. The van der Waals surface area contributed by atoms with Gasteiger partial charge in [-0.15, -0.1) is 5.10 Å². The second-order valence-corrected chi connectivity index (χ2v) is 5.11. The molecule has 8 heteroatoms. The maximum absolute atomic E-state index is 11.5. The first kappa shape index (κ1) is 15.8. The van der Waals surface area contributed by atoms with Crippen LogP contribution in [0.5, 0.6) is 0 Å². The fourth-order valence-corrected chi connectivity index (χ4v) is 2.54. The molecule has 0 aliphatic rings. The van der Waals surface area contributed by atoms with Crippen molar-refractivity contribution >= 4 is 17.7 Å². The monoisotopic (exact) mass is 288 g/mol. The number of hydrogen-bond acceptors (Lipinski definition) is 5. The van der Waals surface area contributed by atoms with Crippen LogP contribution in [0.25, 0.3) is 0 Å². The number of aliphatic carboxylic acids is 1. The molecule has 19 heavy (non-hydrogen) atoms. The number of H-pyrrole nitrogens is 1. The molecule has 0 amide bonds. The molecule has 1 rings (SSSR count). The van der Waals surface area contributed by atoms with Gasteiger partial charge in [0.05, 0.1) is 0 Å². The van der Waals surface area contributed by atoms with Crippen LogP contribution in [-0.2, 0) is 11.3 Å². The summed E-state index contributed by atoms with van der Waals surface area (Å²) in [6, 6.07) is -0.633. The molecule has 108 valence electrons. The lowest BCUT2D eigenvalue weighted by Gasteiger charge is -2.13. The molecule has 0 aliphatic carbocycles. The van der Waals surface area contributed by atoms with Gasteiger partial charge in [0.25, 0.3) is 0 Å². The van der Waals surface area contributed by atoms with Crippen molar-refractivity contribution in [3.05, 3.63) is 10.5 Å². The van der Waals surface area contributed by atoms with Crippen LogP contribution in [0.1, 0.15) is 26.7 Å². The van der Waals surface area contributed by atoms with Crippen molar-refractivity contribution in [3.63, 3.8) is 0 Å². The van der Waals surface area contributed by atoms with E-state index in [0.29, 0.717) is 24.0 Å². The summed E-state index contributed by atoms with van der Waals surface area (Å²) in [4.78, 5) is 22.6. The van der Waals surface area contributed by atoms with Crippen LogP contribution in [0.4, 0.5) is 0 Å². The molecule has 0 spiro atoms. The van der Waals surface area contributed by atoms with Crippen LogP contribution >= 0.6 is 11.8 Å². The Labute approximate surface area is 115 Å². The lowest BCUT2D eigenvalue weighted by Crippen LogP contribution is -2.39. The minimum absolute atomic E-state index is 0.252. The van der Waals surface area contributed by atoms with Crippen LogP contribution in [0.15, 0.2) is 9.95 Å². The number of aromatic nitrogens is 3. The highest BCUT2D eigenvalue weighted by molar-refractivity contribution is 7.99. The van der Waals surface area contributed by atoms with Crippen molar-refractivity contribution in [2.24, 2.45) is 0 Å². The number of thioether (sulfide) groups is 1. The summed E-state index contributed by atoms with van der Waals surface area (Å²) in [5.41, 5.74) is -0.252. The number of nitrogens with zero attached hydrogens (tertiary/aromatic N) is 2. The van der Waals surface area contributed by atoms with Gasteiger partial charge in [0.1, 0.15) is 6.04 Å². The average molecular weight is 288 g/mol. The summed E-state index contributed by atoms with van der Waals surface area (Å²) in [7, 11) is 0. The summed E-state index contributed by atoms with van der Waals surface area (Å²) < 4.78 is 1.53. The van der Waals surface area contributed by atoms with Gasteiger partial charge in [-0.05, 0) is 19.4 Å². The number of carboxylic acid groups (broad SMARTS) is 1. The van der Waals surface area contributed by atoms with Gasteiger partial charge in [-0.3, -0.25) is 9.36 Å². The van der Waals surface area contributed by atoms with Crippen LogP contribution in [0.2, 0.25) is 0 Å². The molecular formula is C11H20N4O3S. The number of rotatable bonds is 9. The largest absolute Gasteiger partial charge is 0.480 e. The van der Waals surface area contributed by atoms with Gasteiger partial charge in [-0.2, -0.15) is 0 Å². The second-order valence-electron chi connectivity index (χ2n) is 4.12. The quantitative estimate of drug-likeness (QED) is 0.573. The third-order valence-corrected chi connectivity index (χ3v) is 3.56. The molecule has 1 unspecified atom stereocenters. The first-order valence-corrected chi connectivity index (χ1v) is 7.32. The zero-order valence-electron chi connectivity index (χ0n) is 11.2. The van der Waals surface area contributed by atoms with E-state index in [1.807, 2.05) is 13.8 Å². The first-order chi connectivity index (χ1) is 9.10. The van der Waals surface area contributed by atoms with Crippen molar-refractivity contribution in [2.45, 2.75) is 44.4 Å². The molecule has 7 nitrogen and oxygen atoms in total. The summed E-state index contributed by atoms with van der Waals surface area (Å²) in [6.07, 6.45) is 1.70. The lowest BCUT2D eigenvalue weighted by molar-refractivity contribution is -0.138. The van der Waals surface area contributed by atoms with Crippen molar-refractivity contribution in [2.75, 3.05) is 12.3 Å². The van der Waals surface area contributed by atoms with Crippen molar-refractivity contribution in [3.8, 4) is 0 Å². The molecule has 0 radical (unpaired) electrons. The highest BCUT2D eigenvalue weighted by Crippen LogP contribution is 2.14. The SMILES string of the molecule is CCCNC(CSc1n[nH]c(=O)n1CCC)C(=O)O. The Morgan fingerprint density at radius 2 is 2.26 bits per heavy atom. The molecule has 0 saturated carbocycles. The van der Waals surface area contributed by atoms with Gasteiger partial charge in [-0.25, -0.2) is 9.89 Å². The summed E-state index contributed by atoms with van der Waals surface area (Å²) in [6.45, 7) is 5.18. The Balaban J connectivity index is 2.63. The van der Waals surface area contributed by atoms with Crippen LogP contribution in [-0.4, -0.2) is 44.2 Å². The van der Waals surface area contributed by atoms with Crippen molar-refractivity contribution in [1.82, 2.24) is 20.1 Å². The summed E-state index contributed by atoms with van der Waals surface area (Å²) in [5, 5.41) is 18.9. The fraction of sp³-hybridized carbons (Fsp3) is 0.727. The van der Waals surface area contributed by atoms with E-state index < -0.39 is 12.0 Å². The fourth-order valence-electron chi connectivity index (χ4n) is 1.53.